The topological polar surface area (TPSA) is 81.9 Å². The minimum Gasteiger partial charge on any atom is -0.493 e. The molecule has 3 aromatic rings. The number of aliphatic hydroxyl groups is 1. The summed E-state index contributed by atoms with van der Waals surface area (Å²) in [6.07, 6.45) is 4.98. The van der Waals surface area contributed by atoms with E-state index in [1.807, 2.05) is 53.1 Å². The van der Waals surface area contributed by atoms with Crippen molar-refractivity contribution in [3.8, 4) is 17.2 Å². The molecular weight excluding hydrogens is 408 g/mol. The summed E-state index contributed by atoms with van der Waals surface area (Å²) in [6.45, 7) is 3.64. The summed E-state index contributed by atoms with van der Waals surface area (Å²) in [4.78, 5) is 2.26. The molecule has 1 N–H and O–H groups in total. The molecule has 1 aromatic heterocycles. The lowest BCUT2D eigenvalue weighted by molar-refractivity contribution is -0.0621. The quantitative estimate of drug-likeness (QED) is 0.521. The summed E-state index contributed by atoms with van der Waals surface area (Å²) in [5.41, 5.74) is 0.247. The third-order valence-corrected chi connectivity index (χ3v) is 5.59. The van der Waals surface area contributed by atoms with Gasteiger partial charge in [0.25, 0.3) is 0 Å². The molecule has 1 aliphatic heterocycles. The molecule has 32 heavy (non-hydrogen) atoms. The fourth-order valence-electron chi connectivity index (χ4n) is 3.98. The van der Waals surface area contributed by atoms with Gasteiger partial charge < -0.3 is 23.9 Å². The first kappa shape index (κ1) is 22.1. The van der Waals surface area contributed by atoms with E-state index in [0.29, 0.717) is 31.2 Å². The lowest BCUT2D eigenvalue weighted by atomic mass is 9.93. The summed E-state index contributed by atoms with van der Waals surface area (Å²) >= 11 is 0. The van der Waals surface area contributed by atoms with Crippen molar-refractivity contribution in [3.63, 3.8) is 0 Å². The van der Waals surface area contributed by atoms with Gasteiger partial charge in [-0.2, -0.15) is 0 Å². The van der Waals surface area contributed by atoms with Crippen LogP contribution in [0, 0.1) is 0 Å². The highest BCUT2D eigenvalue weighted by atomic mass is 16.5. The molecule has 2 heterocycles. The van der Waals surface area contributed by atoms with Gasteiger partial charge in [-0.25, -0.2) is 0 Å². The first-order valence-corrected chi connectivity index (χ1v) is 10.9. The van der Waals surface area contributed by atoms with Crippen molar-refractivity contribution in [1.82, 2.24) is 19.7 Å². The molecule has 0 bridgehead atoms. The largest absolute Gasteiger partial charge is 0.493 e. The summed E-state index contributed by atoms with van der Waals surface area (Å²) in [7, 11) is 1.64. The van der Waals surface area contributed by atoms with Crippen molar-refractivity contribution >= 4 is 0 Å². The highest BCUT2D eigenvalue weighted by Gasteiger charge is 2.34. The van der Waals surface area contributed by atoms with Crippen LogP contribution in [-0.2, 0) is 13.1 Å². The lowest BCUT2D eigenvalue weighted by Crippen LogP contribution is -2.51. The smallest absolute Gasteiger partial charge is 0.161 e. The van der Waals surface area contributed by atoms with Crippen molar-refractivity contribution < 1.29 is 19.3 Å². The van der Waals surface area contributed by atoms with Gasteiger partial charge in [0.1, 0.15) is 37.2 Å². The number of aromatic nitrogens is 3. The number of rotatable bonds is 10. The van der Waals surface area contributed by atoms with Crippen LogP contribution in [0.15, 0.2) is 61.2 Å². The van der Waals surface area contributed by atoms with E-state index in [9.17, 15) is 5.11 Å². The van der Waals surface area contributed by atoms with Gasteiger partial charge in [0.05, 0.1) is 13.7 Å². The molecule has 0 aliphatic carbocycles. The molecule has 2 aromatic carbocycles. The Morgan fingerprint density at radius 1 is 1.03 bits per heavy atom. The van der Waals surface area contributed by atoms with E-state index in [-0.39, 0.29) is 6.61 Å². The normalized spacial score (nSPS) is 18.9. The number of β-amino-alcohol motifs (C(OH)–C–C–N with tert-alkyl or cyclic N) is 1. The van der Waals surface area contributed by atoms with Crippen molar-refractivity contribution in [2.24, 2.45) is 0 Å². The van der Waals surface area contributed by atoms with Crippen LogP contribution in [0.5, 0.6) is 17.2 Å². The highest BCUT2D eigenvalue weighted by Crippen LogP contribution is 2.30. The predicted molar refractivity (Wildman–Crippen MR) is 120 cm³/mol. The molecule has 0 amide bonds. The Labute approximate surface area is 188 Å². The Morgan fingerprint density at radius 3 is 2.62 bits per heavy atom. The van der Waals surface area contributed by atoms with Gasteiger partial charge in [-0.05, 0) is 49.2 Å². The summed E-state index contributed by atoms with van der Waals surface area (Å²) in [6, 6.07) is 15.6. The number of nitrogens with zero attached hydrogens (tertiary/aromatic N) is 4. The van der Waals surface area contributed by atoms with Gasteiger partial charge in [-0.1, -0.05) is 24.3 Å². The number of ether oxygens (including phenoxy) is 3. The number of hydrogen-bond acceptors (Lipinski definition) is 7. The molecule has 0 radical (unpaired) electrons. The van der Waals surface area contributed by atoms with E-state index in [2.05, 4.69) is 15.1 Å². The van der Waals surface area contributed by atoms with Crippen LogP contribution in [0.25, 0.3) is 0 Å². The maximum absolute atomic E-state index is 11.1. The first-order valence-electron chi connectivity index (χ1n) is 10.9. The minimum atomic E-state index is -0.862. The summed E-state index contributed by atoms with van der Waals surface area (Å²) < 4.78 is 19.1. The summed E-state index contributed by atoms with van der Waals surface area (Å²) in [5.74, 6) is 2.18. The zero-order valence-corrected chi connectivity index (χ0v) is 18.4. The number of hydrogen-bond donors (Lipinski definition) is 1. The maximum atomic E-state index is 11.1. The van der Waals surface area contributed by atoms with E-state index < -0.39 is 5.60 Å². The Bertz CT molecular complexity index is 967. The van der Waals surface area contributed by atoms with Gasteiger partial charge >= 0.3 is 0 Å². The zero-order chi connectivity index (χ0) is 22.2. The van der Waals surface area contributed by atoms with Crippen molar-refractivity contribution in [1.29, 1.82) is 0 Å². The second-order valence-corrected chi connectivity index (χ2v) is 8.17. The minimum absolute atomic E-state index is 0.285. The molecule has 0 unspecified atom stereocenters. The van der Waals surface area contributed by atoms with Crippen LogP contribution >= 0.6 is 0 Å². The molecule has 170 valence electrons. The Kier molecular flexibility index (Phi) is 7.24. The molecule has 0 spiro atoms. The van der Waals surface area contributed by atoms with Crippen LogP contribution in [0.1, 0.15) is 18.4 Å². The monoisotopic (exact) mass is 438 g/mol. The number of piperidine rings is 1. The van der Waals surface area contributed by atoms with Crippen molar-refractivity contribution in [2.75, 3.05) is 33.4 Å². The second kappa shape index (κ2) is 10.5. The van der Waals surface area contributed by atoms with Crippen LogP contribution in [0.4, 0.5) is 0 Å². The van der Waals surface area contributed by atoms with Gasteiger partial charge in [0.2, 0.25) is 0 Å². The van der Waals surface area contributed by atoms with E-state index in [0.717, 1.165) is 37.2 Å². The lowest BCUT2D eigenvalue weighted by Gasteiger charge is -2.39. The van der Waals surface area contributed by atoms with Gasteiger partial charge in [-0.15, -0.1) is 10.2 Å². The molecule has 8 nitrogen and oxygen atoms in total. The Balaban J connectivity index is 1.34. The Morgan fingerprint density at radius 2 is 1.84 bits per heavy atom. The van der Waals surface area contributed by atoms with E-state index in [1.165, 1.54) is 0 Å². The van der Waals surface area contributed by atoms with Crippen LogP contribution in [0.3, 0.4) is 0 Å². The molecule has 8 heteroatoms. The van der Waals surface area contributed by atoms with Gasteiger partial charge in [0.15, 0.2) is 11.5 Å². The predicted octanol–water partition coefficient (Wildman–Crippen LogP) is 2.77. The number of likely N-dealkylation sites (tertiary alicyclic amines) is 1. The molecular formula is C24H30N4O4. The van der Waals surface area contributed by atoms with Crippen LogP contribution < -0.4 is 14.2 Å². The summed E-state index contributed by atoms with van der Waals surface area (Å²) in [5, 5.41) is 18.7. The average molecular weight is 439 g/mol. The molecule has 4 rings (SSSR count). The maximum Gasteiger partial charge on any atom is 0.161 e. The molecule has 1 atom stereocenters. The average Bonchev–Trinajstić information content (AvgIpc) is 3.32. The van der Waals surface area contributed by atoms with Crippen molar-refractivity contribution in [3.05, 3.63) is 66.7 Å². The molecule has 1 fully saturated rings. The number of methoxy groups -OCH3 is 1. The number of para-hydroxylation sites is 1. The molecule has 1 aliphatic rings. The fourth-order valence-corrected chi connectivity index (χ4v) is 3.98. The SMILES string of the molecule is COc1ccc(CN2CCC[C@](O)(COc3ccccc3)C2)cc1OCCn1cnnc1. The third-order valence-electron chi connectivity index (χ3n) is 5.59. The third kappa shape index (κ3) is 5.99. The van der Waals surface area contributed by atoms with Gasteiger partial charge in [-0.3, -0.25) is 4.90 Å². The first-order chi connectivity index (χ1) is 15.6. The standard InChI is InChI=1S/C24H30N4O4/c1-30-22-9-8-20(14-23(22)31-13-12-28-18-25-26-19-28)15-27-11-5-10-24(29,16-27)17-32-21-6-3-2-4-7-21/h2-4,6-9,14,18-19,29H,5,10-13,15-17H2,1H3/t24-/m1/s1. The van der Waals surface area contributed by atoms with E-state index in [1.54, 1.807) is 19.8 Å². The van der Waals surface area contributed by atoms with E-state index >= 15 is 0 Å². The zero-order valence-electron chi connectivity index (χ0n) is 18.4. The van der Waals surface area contributed by atoms with Crippen LogP contribution in [-0.4, -0.2) is 63.8 Å². The Hall–Kier alpha value is -3.10. The number of benzene rings is 2. The highest BCUT2D eigenvalue weighted by molar-refractivity contribution is 5.43. The van der Waals surface area contributed by atoms with Crippen molar-refractivity contribution in [2.45, 2.75) is 31.5 Å². The van der Waals surface area contributed by atoms with Crippen LogP contribution in [0.2, 0.25) is 0 Å². The molecule has 1 saturated heterocycles. The fraction of sp³-hybridized carbons (Fsp3) is 0.417. The molecule has 0 saturated carbocycles. The second-order valence-electron chi connectivity index (χ2n) is 8.17. The van der Waals surface area contributed by atoms with Gasteiger partial charge in [0, 0.05) is 13.1 Å². The van der Waals surface area contributed by atoms with E-state index in [4.69, 9.17) is 14.2 Å².